The molecule has 1 saturated carbocycles. The first-order chi connectivity index (χ1) is 10.5. The highest BCUT2D eigenvalue weighted by molar-refractivity contribution is 5.52. The zero-order valence-electron chi connectivity index (χ0n) is 13.6. The molecule has 1 aliphatic carbocycles. The molecule has 1 heteroatoms. The topological polar surface area (TPSA) is 0 Å². The lowest BCUT2D eigenvalue weighted by Gasteiger charge is -2.08. The van der Waals surface area contributed by atoms with Crippen LogP contribution in [0.15, 0.2) is 30.3 Å². The van der Waals surface area contributed by atoms with Crippen LogP contribution in [0.3, 0.4) is 0 Å². The monoisotopic (exact) mass is 292 g/mol. The minimum absolute atomic E-state index is 0.244. The molecule has 0 radical (unpaired) electrons. The Balaban J connectivity index is 1.94. The molecule has 0 bridgehead atoms. The van der Waals surface area contributed by atoms with Crippen molar-refractivity contribution in [2.75, 3.05) is 0 Å². The summed E-state index contributed by atoms with van der Waals surface area (Å²) in [6.45, 7) is 8.37. The summed E-state index contributed by atoms with van der Waals surface area (Å²) in [5.41, 5.74) is 6.21. The van der Waals surface area contributed by atoms with E-state index in [4.69, 9.17) is 0 Å². The van der Waals surface area contributed by atoms with Crippen LogP contribution in [0.25, 0.3) is 0 Å². The van der Waals surface area contributed by atoms with Crippen LogP contribution in [0.2, 0.25) is 0 Å². The highest BCUT2D eigenvalue weighted by atomic mass is 19.1. The van der Waals surface area contributed by atoms with Gasteiger partial charge in [-0.15, -0.1) is 0 Å². The van der Waals surface area contributed by atoms with E-state index in [0.29, 0.717) is 11.5 Å². The van der Waals surface area contributed by atoms with Gasteiger partial charge in [-0.25, -0.2) is 4.39 Å². The molecular weight excluding hydrogens is 271 g/mol. The molecule has 2 aromatic rings. The van der Waals surface area contributed by atoms with E-state index in [2.05, 4.69) is 44.7 Å². The van der Waals surface area contributed by atoms with E-state index in [9.17, 15) is 4.39 Å². The highest BCUT2D eigenvalue weighted by Gasteiger charge is 2.34. The maximum Gasteiger partial charge on any atom is 0.139 e. The molecular formula is C21H21F. The second-order valence-corrected chi connectivity index (χ2v) is 6.58. The van der Waals surface area contributed by atoms with E-state index >= 15 is 0 Å². The van der Waals surface area contributed by atoms with Gasteiger partial charge in [-0.05, 0) is 73.4 Å². The summed E-state index contributed by atoms with van der Waals surface area (Å²) in [7, 11) is 0. The number of hydrogen-bond donors (Lipinski definition) is 0. The molecule has 2 unspecified atom stereocenters. The normalized spacial score (nSPS) is 19.5. The van der Waals surface area contributed by atoms with E-state index in [1.165, 1.54) is 29.2 Å². The van der Waals surface area contributed by atoms with Gasteiger partial charge in [-0.1, -0.05) is 37.0 Å². The smallest absolute Gasteiger partial charge is 0.139 e. The molecule has 2 atom stereocenters. The molecule has 0 saturated heterocycles. The summed E-state index contributed by atoms with van der Waals surface area (Å²) in [5, 5.41) is 0. The lowest BCUT2D eigenvalue weighted by molar-refractivity contribution is 0.623. The lowest BCUT2D eigenvalue weighted by atomic mass is 9.96. The average Bonchev–Trinajstić information content (AvgIpc) is 3.17. The van der Waals surface area contributed by atoms with Crippen molar-refractivity contribution in [3.05, 3.63) is 69.5 Å². The minimum Gasteiger partial charge on any atom is -0.206 e. The Morgan fingerprint density at radius 1 is 1.00 bits per heavy atom. The van der Waals surface area contributed by atoms with Crippen LogP contribution in [0.4, 0.5) is 4.39 Å². The summed E-state index contributed by atoms with van der Waals surface area (Å²) in [6.07, 6.45) is 1.29. The van der Waals surface area contributed by atoms with Crippen molar-refractivity contribution in [1.82, 2.24) is 0 Å². The van der Waals surface area contributed by atoms with E-state index in [1.54, 1.807) is 6.07 Å². The molecule has 0 nitrogen and oxygen atoms in total. The van der Waals surface area contributed by atoms with Crippen molar-refractivity contribution in [2.24, 2.45) is 5.92 Å². The molecule has 1 fully saturated rings. The summed E-state index contributed by atoms with van der Waals surface area (Å²) in [4.78, 5) is 0. The van der Waals surface area contributed by atoms with Crippen molar-refractivity contribution >= 4 is 0 Å². The fraction of sp³-hybridized carbons (Fsp3) is 0.333. The Morgan fingerprint density at radius 3 is 2.18 bits per heavy atom. The first-order valence-corrected chi connectivity index (χ1v) is 7.85. The average molecular weight is 292 g/mol. The lowest BCUT2D eigenvalue weighted by Crippen LogP contribution is -1.93. The fourth-order valence-corrected chi connectivity index (χ4v) is 3.05. The number of aryl methyl sites for hydroxylation is 3. The molecule has 0 amide bonds. The molecule has 0 aromatic heterocycles. The zero-order chi connectivity index (χ0) is 15.9. The largest absolute Gasteiger partial charge is 0.206 e. The standard InChI is InChI=1S/C21H21F/c1-13-5-6-17(21(22)9-13)7-8-19-14(2)10-18(11-15(19)3)20-12-16(20)4/h5-6,9-11,16,20H,12H2,1-4H3. The second-order valence-electron chi connectivity index (χ2n) is 6.58. The summed E-state index contributed by atoms with van der Waals surface area (Å²) in [5.74, 6) is 7.43. The first-order valence-electron chi connectivity index (χ1n) is 7.85. The second kappa shape index (κ2) is 5.61. The Morgan fingerprint density at radius 2 is 1.64 bits per heavy atom. The van der Waals surface area contributed by atoms with Crippen LogP contribution in [-0.4, -0.2) is 0 Å². The van der Waals surface area contributed by atoms with Gasteiger partial charge < -0.3 is 0 Å². The minimum atomic E-state index is -0.244. The molecule has 2 aromatic carbocycles. The zero-order valence-corrected chi connectivity index (χ0v) is 13.6. The Bertz CT molecular complexity index is 766. The maximum absolute atomic E-state index is 13.9. The third kappa shape index (κ3) is 2.92. The molecule has 3 rings (SSSR count). The molecule has 0 spiro atoms. The number of benzene rings is 2. The van der Waals surface area contributed by atoms with Gasteiger partial charge in [0.1, 0.15) is 5.82 Å². The van der Waals surface area contributed by atoms with Crippen LogP contribution in [0.5, 0.6) is 0 Å². The maximum atomic E-state index is 13.9. The summed E-state index contributed by atoms with van der Waals surface area (Å²) >= 11 is 0. The van der Waals surface area contributed by atoms with Crippen LogP contribution in [-0.2, 0) is 0 Å². The van der Waals surface area contributed by atoms with Crippen molar-refractivity contribution < 1.29 is 4.39 Å². The molecule has 0 heterocycles. The van der Waals surface area contributed by atoms with Crippen molar-refractivity contribution in [3.63, 3.8) is 0 Å². The third-order valence-corrected chi connectivity index (χ3v) is 4.54. The van der Waals surface area contributed by atoms with Crippen LogP contribution < -0.4 is 0 Å². The molecule has 0 N–H and O–H groups in total. The van der Waals surface area contributed by atoms with Crippen LogP contribution >= 0.6 is 0 Å². The first kappa shape index (κ1) is 14.9. The van der Waals surface area contributed by atoms with Crippen molar-refractivity contribution in [2.45, 2.75) is 40.0 Å². The van der Waals surface area contributed by atoms with Gasteiger partial charge in [-0.3, -0.25) is 0 Å². The Kier molecular flexibility index (Phi) is 3.79. The van der Waals surface area contributed by atoms with E-state index in [1.807, 2.05) is 13.0 Å². The SMILES string of the molecule is Cc1ccc(C#Cc2c(C)cc(C3CC3C)cc2C)c(F)c1. The highest BCUT2D eigenvalue weighted by Crippen LogP contribution is 2.47. The van der Waals surface area contributed by atoms with Gasteiger partial charge in [0, 0.05) is 5.56 Å². The summed E-state index contributed by atoms with van der Waals surface area (Å²) in [6, 6.07) is 9.67. The van der Waals surface area contributed by atoms with Crippen LogP contribution in [0.1, 0.15) is 52.6 Å². The molecule has 112 valence electrons. The van der Waals surface area contributed by atoms with Gasteiger partial charge in [0.2, 0.25) is 0 Å². The Hall–Kier alpha value is -2.07. The number of halogens is 1. The molecule has 0 aliphatic heterocycles. The van der Waals surface area contributed by atoms with Gasteiger partial charge in [0.15, 0.2) is 0 Å². The fourth-order valence-electron chi connectivity index (χ4n) is 3.05. The third-order valence-electron chi connectivity index (χ3n) is 4.54. The molecule has 1 aliphatic rings. The number of rotatable bonds is 1. The van der Waals surface area contributed by atoms with Crippen LogP contribution in [0, 0.1) is 44.3 Å². The summed E-state index contributed by atoms with van der Waals surface area (Å²) < 4.78 is 13.9. The number of hydrogen-bond acceptors (Lipinski definition) is 0. The van der Waals surface area contributed by atoms with Gasteiger partial charge in [-0.2, -0.15) is 0 Å². The van der Waals surface area contributed by atoms with Crippen molar-refractivity contribution in [3.8, 4) is 11.8 Å². The van der Waals surface area contributed by atoms with Gasteiger partial charge in [0.05, 0.1) is 5.56 Å². The van der Waals surface area contributed by atoms with Crippen molar-refractivity contribution in [1.29, 1.82) is 0 Å². The Labute approximate surface area is 132 Å². The van der Waals surface area contributed by atoms with E-state index in [0.717, 1.165) is 17.0 Å². The predicted molar refractivity (Wildman–Crippen MR) is 89.6 cm³/mol. The van der Waals surface area contributed by atoms with Gasteiger partial charge >= 0.3 is 0 Å². The van der Waals surface area contributed by atoms with E-state index < -0.39 is 0 Å². The predicted octanol–water partition coefficient (Wildman–Crippen LogP) is 5.27. The molecule has 22 heavy (non-hydrogen) atoms. The quantitative estimate of drug-likeness (QED) is 0.628. The van der Waals surface area contributed by atoms with E-state index in [-0.39, 0.29) is 5.82 Å². The van der Waals surface area contributed by atoms with Gasteiger partial charge in [0.25, 0.3) is 0 Å².